The molecule has 6 nitrogen and oxygen atoms in total. The van der Waals surface area contributed by atoms with Gasteiger partial charge in [-0.2, -0.15) is 0 Å². The van der Waals surface area contributed by atoms with Crippen molar-refractivity contribution in [3.8, 4) is 0 Å². The molecule has 1 aliphatic rings. The molecular weight excluding hydrogens is 306 g/mol. The van der Waals surface area contributed by atoms with Crippen molar-refractivity contribution < 1.29 is 14.1 Å². The fourth-order valence-electron chi connectivity index (χ4n) is 2.88. The van der Waals surface area contributed by atoms with E-state index in [2.05, 4.69) is 10.5 Å². The maximum Gasteiger partial charge on any atom is 0.242 e. The zero-order chi connectivity index (χ0) is 17.3. The number of amides is 2. The summed E-state index contributed by atoms with van der Waals surface area (Å²) in [5.41, 5.74) is 0.824. The van der Waals surface area contributed by atoms with Gasteiger partial charge in [-0.1, -0.05) is 23.4 Å². The summed E-state index contributed by atoms with van der Waals surface area (Å²) >= 11 is 0. The largest absolute Gasteiger partial charge is 0.360 e. The molecule has 3 rings (SSSR count). The molecule has 126 valence electrons. The third kappa shape index (κ3) is 2.91. The van der Waals surface area contributed by atoms with Crippen LogP contribution in [-0.4, -0.2) is 23.5 Å². The Morgan fingerprint density at radius 3 is 2.75 bits per heavy atom. The minimum absolute atomic E-state index is 0.215. The van der Waals surface area contributed by atoms with E-state index in [-0.39, 0.29) is 5.91 Å². The molecule has 0 spiro atoms. The van der Waals surface area contributed by atoms with Crippen molar-refractivity contribution in [2.75, 3.05) is 16.8 Å². The topological polar surface area (TPSA) is 75.4 Å². The zero-order valence-corrected chi connectivity index (χ0v) is 14.1. The van der Waals surface area contributed by atoms with E-state index >= 15 is 0 Å². The Kier molecular flexibility index (Phi) is 4.13. The van der Waals surface area contributed by atoms with Crippen molar-refractivity contribution >= 4 is 23.3 Å². The fraction of sp³-hybridized carbons (Fsp3) is 0.389. The van der Waals surface area contributed by atoms with Gasteiger partial charge in [-0.25, -0.2) is 0 Å². The molecule has 2 heterocycles. The lowest BCUT2D eigenvalue weighted by molar-refractivity contribution is -0.136. The maximum absolute atomic E-state index is 13.0. The van der Waals surface area contributed by atoms with E-state index < -0.39 is 11.3 Å². The molecule has 1 N–H and O–H groups in total. The molecule has 1 aromatic heterocycles. The summed E-state index contributed by atoms with van der Waals surface area (Å²) in [7, 11) is 0. The second-order valence-corrected chi connectivity index (χ2v) is 6.59. The molecule has 0 aliphatic carbocycles. The third-order valence-corrected chi connectivity index (χ3v) is 4.33. The van der Waals surface area contributed by atoms with E-state index in [1.165, 1.54) is 0 Å². The average molecular weight is 327 g/mol. The fourth-order valence-corrected chi connectivity index (χ4v) is 2.88. The van der Waals surface area contributed by atoms with E-state index in [1.54, 1.807) is 31.7 Å². The Labute approximate surface area is 140 Å². The number of para-hydroxylation sites is 1. The van der Waals surface area contributed by atoms with Crippen molar-refractivity contribution in [3.63, 3.8) is 0 Å². The molecule has 0 radical (unpaired) electrons. The quantitative estimate of drug-likeness (QED) is 0.880. The van der Waals surface area contributed by atoms with Crippen LogP contribution in [0.2, 0.25) is 0 Å². The van der Waals surface area contributed by atoms with Gasteiger partial charge < -0.3 is 14.7 Å². The monoisotopic (exact) mass is 327 g/mol. The molecule has 0 saturated heterocycles. The van der Waals surface area contributed by atoms with E-state index in [4.69, 9.17) is 4.52 Å². The van der Waals surface area contributed by atoms with E-state index in [0.29, 0.717) is 18.1 Å². The minimum atomic E-state index is -1.21. The summed E-state index contributed by atoms with van der Waals surface area (Å²) in [6.07, 6.45) is 1.84. The summed E-state index contributed by atoms with van der Waals surface area (Å²) in [4.78, 5) is 27.4. The van der Waals surface area contributed by atoms with Gasteiger partial charge >= 0.3 is 0 Å². The van der Waals surface area contributed by atoms with Gasteiger partial charge in [-0.3, -0.25) is 9.59 Å². The smallest absolute Gasteiger partial charge is 0.242 e. The molecule has 6 heteroatoms. The molecule has 0 fully saturated rings. The van der Waals surface area contributed by atoms with Crippen LogP contribution in [0.5, 0.6) is 0 Å². The van der Waals surface area contributed by atoms with Gasteiger partial charge in [0.25, 0.3) is 0 Å². The second-order valence-electron chi connectivity index (χ2n) is 6.59. The summed E-state index contributed by atoms with van der Waals surface area (Å²) < 4.78 is 4.94. The first-order valence-electron chi connectivity index (χ1n) is 8.04. The number of nitrogens with zero attached hydrogens (tertiary/aromatic N) is 2. The summed E-state index contributed by atoms with van der Waals surface area (Å²) in [5, 5.41) is 6.40. The van der Waals surface area contributed by atoms with Crippen LogP contribution in [0.25, 0.3) is 0 Å². The molecular formula is C18H21N3O3. The lowest BCUT2D eigenvalue weighted by Gasteiger charge is -2.34. The van der Waals surface area contributed by atoms with E-state index in [0.717, 1.165) is 24.1 Å². The van der Waals surface area contributed by atoms with Crippen molar-refractivity contribution in [1.29, 1.82) is 0 Å². The number of hydrogen-bond acceptors (Lipinski definition) is 4. The minimum Gasteiger partial charge on any atom is -0.360 e. The SMILES string of the molecule is Cc1cc(NC(=O)C(C)(C)C(=O)N2CCCc3ccccc32)no1. The predicted octanol–water partition coefficient (Wildman–Crippen LogP) is 2.93. The summed E-state index contributed by atoms with van der Waals surface area (Å²) in [6, 6.07) is 9.46. The Hall–Kier alpha value is -2.63. The number of hydrogen-bond donors (Lipinski definition) is 1. The standard InChI is InChI=1S/C18H21N3O3/c1-12-11-15(20-24-12)19-16(22)18(2,3)17(23)21-10-6-8-13-7-4-5-9-14(13)21/h4-5,7,9,11H,6,8,10H2,1-3H3,(H,19,20,22). The normalized spacial score (nSPS) is 14.2. The van der Waals surface area contributed by atoms with Crippen LogP contribution in [0.15, 0.2) is 34.9 Å². The van der Waals surface area contributed by atoms with Crippen LogP contribution < -0.4 is 10.2 Å². The van der Waals surface area contributed by atoms with Crippen LogP contribution >= 0.6 is 0 Å². The van der Waals surface area contributed by atoms with Gasteiger partial charge in [0.2, 0.25) is 11.8 Å². The first kappa shape index (κ1) is 16.2. The van der Waals surface area contributed by atoms with Crippen LogP contribution in [-0.2, 0) is 16.0 Å². The Bertz CT molecular complexity index is 779. The Morgan fingerprint density at radius 2 is 2.04 bits per heavy atom. The van der Waals surface area contributed by atoms with E-state index in [9.17, 15) is 9.59 Å². The zero-order valence-electron chi connectivity index (χ0n) is 14.1. The Morgan fingerprint density at radius 1 is 1.29 bits per heavy atom. The molecule has 24 heavy (non-hydrogen) atoms. The number of carbonyl (C=O) groups is 2. The number of aryl methyl sites for hydroxylation is 2. The molecule has 1 aromatic carbocycles. The number of rotatable bonds is 3. The lowest BCUT2D eigenvalue weighted by Crippen LogP contribution is -2.49. The highest BCUT2D eigenvalue weighted by molar-refractivity contribution is 6.14. The Balaban J connectivity index is 1.82. The molecule has 0 unspecified atom stereocenters. The first-order valence-corrected chi connectivity index (χ1v) is 8.04. The summed E-state index contributed by atoms with van der Waals surface area (Å²) in [5.74, 6) is 0.299. The van der Waals surface area contributed by atoms with Gasteiger partial charge in [0.1, 0.15) is 11.2 Å². The highest BCUT2D eigenvalue weighted by Gasteiger charge is 2.41. The molecule has 0 saturated carbocycles. The van der Waals surface area contributed by atoms with Crippen molar-refractivity contribution in [1.82, 2.24) is 5.16 Å². The van der Waals surface area contributed by atoms with Crippen LogP contribution in [0.4, 0.5) is 11.5 Å². The maximum atomic E-state index is 13.0. The van der Waals surface area contributed by atoms with Crippen LogP contribution in [0.1, 0.15) is 31.6 Å². The predicted molar refractivity (Wildman–Crippen MR) is 90.8 cm³/mol. The van der Waals surface area contributed by atoms with Gasteiger partial charge in [0, 0.05) is 18.3 Å². The number of benzene rings is 1. The van der Waals surface area contributed by atoms with Crippen molar-refractivity contribution in [3.05, 3.63) is 41.7 Å². The van der Waals surface area contributed by atoms with Gasteiger partial charge in [0.15, 0.2) is 5.82 Å². The highest BCUT2D eigenvalue weighted by atomic mass is 16.5. The molecule has 1 aliphatic heterocycles. The van der Waals surface area contributed by atoms with Crippen molar-refractivity contribution in [2.24, 2.45) is 5.41 Å². The lowest BCUT2D eigenvalue weighted by atomic mass is 9.88. The molecule has 2 amide bonds. The number of nitrogens with one attached hydrogen (secondary N) is 1. The number of fused-ring (bicyclic) bond motifs is 1. The molecule has 2 aromatic rings. The van der Waals surface area contributed by atoms with Crippen LogP contribution in [0.3, 0.4) is 0 Å². The second kappa shape index (κ2) is 6.11. The highest BCUT2D eigenvalue weighted by Crippen LogP contribution is 2.31. The number of carbonyl (C=O) groups excluding carboxylic acids is 2. The van der Waals surface area contributed by atoms with Crippen molar-refractivity contribution in [2.45, 2.75) is 33.6 Å². The van der Waals surface area contributed by atoms with Crippen LogP contribution in [0, 0.1) is 12.3 Å². The summed E-state index contributed by atoms with van der Waals surface area (Å²) in [6.45, 7) is 5.63. The van der Waals surface area contributed by atoms with Gasteiger partial charge in [-0.05, 0) is 45.2 Å². The van der Waals surface area contributed by atoms with Gasteiger partial charge in [0.05, 0.1) is 0 Å². The molecule has 0 atom stereocenters. The third-order valence-electron chi connectivity index (χ3n) is 4.33. The molecule has 0 bridgehead atoms. The first-order chi connectivity index (χ1) is 11.4. The van der Waals surface area contributed by atoms with E-state index in [1.807, 2.05) is 24.3 Å². The number of aromatic nitrogens is 1. The average Bonchev–Trinajstić information content (AvgIpc) is 2.98. The van der Waals surface area contributed by atoms with Gasteiger partial charge in [-0.15, -0.1) is 0 Å². The number of anilines is 2.